The van der Waals surface area contributed by atoms with Crippen molar-refractivity contribution in [2.75, 3.05) is 37.7 Å². The monoisotopic (exact) mass is 460 g/mol. The van der Waals surface area contributed by atoms with Crippen molar-refractivity contribution in [3.05, 3.63) is 48.0 Å². The molecule has 0 spiro atoms. The number of benzene rings is 2. The van der Waals surface area contributed by atoms with E-state index in [0.717, 1.165) is 0 Å². The van der Waals surface area contributed by atoms with Crippen molar-refractivity contribution in [1.29, 1.82) is 0 Å². The molecule has 11 heteroatoms. The molecule has 2 N–H and O–H groups in total. The highest BCUT2D eigenvalue weighted by Gasteiger charge is 2.14. The zero-order chi connectivity index (χ0) is 22.2. The van der Waals surface area contributed by atoms with Crippen LogP contribution >= 0.6 is 23.1 Å². The number of para-hydroxylation sites is 2. The number of carbonyl (C=O) groups excluding carboxylic acids is 2. The third kappa shape index (κ3) is 6.09. The fraction of sp³-hybridized carbons (Fsp3) is 0.200. The summed E-state index contributed by atoms with van der Waals surface area (Å²) in [7, 11) is 4.56. The molecular formula is C20H20N4O5S2. The fourth-order valence-electron chi connectivity index (χ4n) is 2.49. The quantitative estimate of drug-likeness (QED) is 0.368. The van der Waals surface area contributed by atoms with Gasteiger partial charge in [-0.3, -0.25) is 14.9 Å². The van der Waals surface area contributed by atoms with Crippen LogP contribution in [0.3, 0.4) is 0 Å². The fourth-order valence-corrected chi connectivity index (χ4v) is 4.03. The first kappa shape index (κ1) is 22.4. The van der Waals surface area contributed by atoms with Crippen LogP contribution in [0.25, 0.3) is 0 Å². The standard InChI is InChI=1S/C20H20N4O5S2/c1-27-13-8-12(9-14(10-13)28-2)18(26)22-19-23-24-20(31-19)30-11-17(25)21-15-6-4-5-7-16(15)29-3/h4-10H,11H2,1-3H3,(H,21,25)(H,22,23,26). The number of rotatable bonds is 9. The largest absolute Gasteiger partial charge is 0.497 e. The van der Waals surface area contributed by atoms with Crippen LogP contribution in [0.4, 0.5) is 10.8 Å². The highest BCUT2D eigenvalue weighted by Crippen LogP contribution is 2.28. The van der Waals surface area contributed by atoms with Crippen LogP contribution in [0, 0.1) is 0 Å². The summed E-state index contributed by atoms with van der Waals surface area (Å²) in [5, 5.41) is 13.8. The number of nitrogens with zero attached hydrogens (tertiary/aromatic N) is 2. The number of ether oxygens (including phenoxy) is 3. The molecule has 0 aliphatic heterocycles. The van der Waals surface area contributed by atoms with E-state index in [1.165, 1.54) is 37.3 Å². The SMILES string of the molecule is COc1cc(OC)cc(C(=O)Nc2nnc(SCC(=O)Nc3ccccc3OC)s2)c1. The van der Waals surface area contributed by atoms with Crippen molar-refractivity contribution in [3.8, 4) is 17.2 Å². The van der Waals surface area contributed by atoms with E-state index in [4.69, 9.17) is 14.2 Å². The van der Waals surface area contributed by atoms with Crippen molar-refractivity contribution in [3.63, 3.8) is 0 Å². The van der Waals surface area contributed by atoms with Gasteiger partial charge in [-0.2, -0.15) is 0 Å². The Balaban J connectivity index is 1.57. The summed E-state index contributed by atoms with van der Waals surface area (Å²) in [6.07, 6.45) is 0. The van der Waals surface area contributed by atoms with Gasteiger partial charge in [-0.1, -0.05) is 35.2 Å². The summed E-state index contributed by atoms with van der Waals surface area (Å²) in [5.41, 5.74) is 0.950. The van der Waals surface area contributed by atoms with Crippen LogP contribution in [-0.2, 0) is 4.79 Å². The van der Waals surface area contributed by atoms with Crippen LogP contribution in [-0.4, -0.2) is 49.1 Å². The number of aromatic nitrogens is 2. The molecule has 31 heavy (non-hydrogen) atoms. The maximum absolute atomic E-state index is 12.5. The van der Waals surface area contributed by atoms with Gasteiger partial charge in [-0.15, -0.1) is 10.2 Å². The summed E-state index contributed by atoms with van der Waals surface area (Å²) in [6.45, 7) is 0. The second kappa shape index (κ2) is 10.6. The van der Waals surface area contributed by atoms with Crippen molar-refractivity contribution in [2.45, 2.75) is 4.34 Å². The average molecular weight is 461 g/mol. The molecule has 0 aliphatic rings. The Bertz CT molecular complexity index is 1050. The number of anilines is 2. The second-order valence-corrected chi connectivity index (χ2v) is 8.17. The van der Waals surface area contributed by atoms with Gasteiger partial charge in [0.05, 0.1) is 32.8 Å². The Kier molecular flexibility index (Phi) is 7.68. The highest BCUT2D eigenvalue weighted by atomic mass is 32.2. The van der Waals surface area contributed by atoms with E-state index >= 15 is 0 Å². The van der Waals surface area contributed by atoms with E-state index in [2.05, 4.69) is 20.8 Å². The molecule has 0 atom stereocenters. The molecule has 2 aromatic carbocycles. The average Bonchev–Trinajstić information content (AvgIpc) is 3.24. The van der Waals surface area contributed by atoms with Crippen LogP contribution in [0.15, 0.2) is 46.8 Å². The Morgan fingerprint density at radius 1 is 0.968 bits per heavy atom. The lowest BCUT2D eigenvalue weighted by atomic mass is 10.2. The van der Waals surface area contributed by atoms with E-state index < -0.39 is 0 Å². The number of methoxy groups -OCH3 is 3. The lowest BCUT2D eigenvalue weighted by Crippen LogP contribution is -2.14. The number of amides is 2. The van der Waals surface area contributed by atoms with E-state index in [0.29, 0.717) is 38.0 Å². The predicted octanol–water partition coefficient (Wildman–Crippen LogP) is 3.55. The van der Waals surface area contributed by atoms with Crippen molar-refractivity contribution in [2.24, 2.45) is 0 Å². The van der Waals surface area contributed by atoms with Crippen LogP contribution in [0.5, 0.6) is 17.2 Å². The summed E-state index contributed by atoms with van der Waals surface area (Å²) in [4.78, 5) is 24.7. The maximum Gasteiger partial charge on any atom is 0.257 e. The van der Waals surface area contributed by atoms with Gasteiger partial charge in [-0.05, 0) is 24.3 Å². The summed E-state index contributed by atoms with van der Waals surface area (Å²) >= 11 is 2.39. The molecule has 0 saturated heterocycles. The van der Waals surface area contributed by atoms with Gasteiger partial charge in [0.2, 0.25) is 11.0 Å². The van der Waals surface area contributed by atoms with Crippen LogP contribution in [0.2, 0.25) is 0 Å². The zero-order valence-electron chi connectivity index (χ0n) is 17.0. The third-order valence-corrected chi connectivity index (χ3v) is 5.92. The molecule has 0 saturated carbocycles. The van der Waals surface area contributed by atoms with Crippen molar-refractivity contribution >= 4 is 45.7 Å². The smallest absolute Gasteiger partial charge is 0.257 e. The Morgan fingerprint density at radius 3 is 2.35 bits per heavy atom. The maximum atomic E-state index is 12.5. The summed E-state index contributed by atoms with van der Waals surface area (Å²) in [5.74, 6) is 1.12. The van der Waals surface area contributed by atoms with Gasteiger partial charge >= 0.3 is 0 Å². The van der Waals surface area contributed by atoms with Gasteiger partial charge < -0.3 is 19.5 Å². The van der Waals surface area contributed by atoms with Crippen molar-refractivity contribution in [1.82, 2.24) is 10.2 Å². The van der Waals surface area contributed by atoms with Gasteiger partial charge in [0.25, 0.3) is 5.91 Å². The lowest BCUT2D eigenvalue weighted by Gasteiger charge is -2.08. The van der Waals surface area contributed by atoms with Crippen LogP contribution < -0.4 is 24.8 Å². The Morgan fingerprint density at radius 2 is 1.68 bits per heavy atom. The number of hydrogen-bond acceptors (Lipinski definition) is 9. The molecule has 0 radical (unpaired) electrons. The number of thioether (sulfide) groups is 1. The minimum Gasteiger partial charge on any atom is -0.497 e. The molecule has 3 aromatic rings. The Labute approximate surface area is 187 Å². The lowest BCUT2D eigenvalue weighted by molar-refractivity contribution is -0.113. The topological polar surface area (TPSA) is 112 Å². The summed E-state index contributed by atoms with van der Waals surface area (Å²) in [6, 6.07) is 12.0. The highest BCUT2D eigenvalue weighted by molar-refractivity contribution is 8.01. The minimum atomic E-state index is -0.376. The van der Waals surface area contributed by atoms with Gasteiger partial charge in [0.1, 0.15) is 17.2 Å². The minimum absolute atomic E-state index is 0.133. The van der Waals surface area contributed by atoms with Crippen LogP contribution in [0.1, 0.15) is 10.4 Å². The molecule has 9 nitrogen and oxygen atoms in total. The molecule has 0 aliphatic carbocycles. The van der Waals surface area contributed by atoms with Gasteiger partial charge in [0.15, 0.2) is 4.34 Å². The molecule has 1 heterocycles. The number of carbonyl (C=O) groups is 2. The van der Waals surface area contributed by atoms with Gasteiger partial charge in [0, 0.05) is 11.6 Å². The Hall–Kier alpha value is -3.31. The second-order valence-electron chi connectivity index (χ2n) is 5.97. The first-order valence-electron chi connectivity index (χ1n) is 8.96. The molecule has 0 fully saturated rings. The predicted molar refractivity (Wildman–Crippen MR) is 120 cm³/mol. The van der Waals surface area contributed by atoms with Crippen molar-refractivity contribution < 1.29 is 23.8 Å². The molecular weight excluding hydrogens is 440 g/mol. The molecule has 1 aromatic heterocycles. The first-order chi connectivity index (χ1) is 15.0. The number of nitrogens with one attached hydrogen (secondary N) is 2. The first-order valence-corrected chi connectivity index (χ1v) is 10.8. The van der Waals surface area contributed by atoms with E-state index in [1.54, 1.807) is 37.4 Å². The normalized spacial score (nSPS) is 10.3. The molecule has 0 unspecified atom stereocenters. The molecule has 162 valence electrons. The molecule has 3 rings (SSSR count). The third-order valence-electron chi connectivity index (χ3n) is 3.95. The molecule has 2 amide bonds. The summed E-state index contributed by atoms with van der Waals surface area (Å²) < 4.78 is 16.1. The molecule has 0 bridgehead atoms. The van der Waals surface area contributed by atoms with E-state index in [1.807, 2.05) is 12.1 Å². The van der Waals surface area contributed by atoms with E-state index in [9.17, 15) is 9.59 Å². The van der Waals surface area contributed by atoms with E-state index in [-0.39, 0.29) is 17.6 Å². The number of hydrogen-bond donors (Lipinski definition) is 2. The zero-order valence-corrected chi connectivity index (χ0v) is 18.6. The van der Waals surface area contributed by atoms with Gasteiger partial charge in [-0.25, -0.2) is 0 Å².